The van der Waals surface area contributed by atoms with Gasteiger partial charge in [0.1, 0.15) is 0 Å². The highest BCUT2D eigenvalue weighted by molar-refractivity contribution is 5.92. The minimum Gasteiger partial charge on any atom is -0.493 e. The van der Waals surface area contributed by atoms with Crippen molar-refractivity contribution in [2.75, 3.05) is 40.4 Å². The molecule has 2 fully saturated rings. The number of rotatable bonds is 4. The molecule has 1 amide bonds. The van der Waals surface area contributed by atoms with Crippen molar-refractivity contribution in [1.29, 1.82) is 0 Å². The molecule has 0 aliphatic carbocycles. The van der Waals surface area contributed by atoms with Crippen molar-refractivity contribution in [1.82, 2.24) is 10.2 Å². The first-order chi connectivity index (χ1) is 11.2. The van der Waals surface area contributed by atoms with Crippen LogP contribution in [-0.4, -0.2) is 51.2 Å². The zero-order valence-corrected chi connectivity index (χ0v) is 13.8. The quantitative estimate of drug-likeness (QED) is 0.863. The van der Waals surface area contributed by atoms with Crippen LogP contribution in [0.2, 0.25) is 0 Å². The fourth-order valence-electron chi connectivity index (χ4n) is 3.50. The molecule has 2 aliphatic rings. The van der Waals surface area contributed by atoms with Crippen LogP contribution in [0.4, 0.5) is 0 Å². The second-order valence-electron chi connectivity index (χ2n) is 6.38. The highest BCUT2D eigenvalue weighted by Gasteiger charge is 2.41. The van der Waals surface area contributed by atoms with Crippen LogP contribution >= 0.6 is 0 Å². The van der Waals surface area contributed by atoms with Gasteiger partial charge in [0.15, 0.2) is 11.5 Å². The zero-order chi connectivity index (χ0) is 16.3. The highest BCUT2D eigenvalue weighted by Crippen LogP contribution is 2.36. The van der Waals surface area contributed by atoms with E-state index in [4.69, 9.17) is 9.47 Å². The summed E-state index contributed by atoms with van der Waals surface area (Å²) < 4.78 is 10.5. The second kappa shape index (κ2) is 6.62. The van der Waals surface area contributed by atoms with E-state index in [1.165, 1.54) is 6.42 Å². The van der Waals surface area contributed by atoms with E-state index in [-0.39, 0.29) is 5.91 Å². The Morgan fingerprint density at radius 3 is 2.78 bits per heavy atom. The number of amides is 1. The second-order valence-corrected chi connectivity index (χ2v) is 6.38. The van der Waals surface area contributed by atoms with Crippen LogP contribution in [-0.2, 0) is 4.79 Å². The van der Waals surface area contributed by atoms with Crippen molar-refractivity contribution in [2.24, 2.45) is 5.41 Å². The maximum Gasteiger partial charge on any atom is 0.246 e. The van der Waals surface area contributed by atoms with Gasteiger partial charge in [-0.3, -0.25) is 4.79 Å². The lowest BCUT2D eigenvalue weighted by Crippen LogP contribution is -2.32. The number of nitrogens with one attached hydrogen (secondary N) is 1. The van der Waals surface area contributed by atoms with E-state index < -0.39 is 0 Å². The van der Waals surface area contributed by atoms with E-state index in [9.17, 15) is 4.79 Å². The third-order valence-electron chi connectivity index (χ3n) is 4.91. The van der Waals surface area contributed by atoms with Gasteiger partial charge in [0.25, 0.3) is 0 Å². The molecule has 2 aliphatic heterocycles. The monoisotopic (exact) mass is 316 g/mol. The number of carbonyl (C=O) groups excluding carboxylic acids is 1. The molecular formula is C18H24N2O3. The van der Waals surface area contributed by atoms with E-state index in [0.29, 0.717) is 16.9 Å². The third-order valence-corrected chi connectivity index (χ3v) is 4.91. The summed E-state index contributed by atoms with van der Waals surface area (Å²) in [5, 5.41) is 3.41. The largest absolute Gasteiger partial charge is 0.493 e. The molecule has 1 N–H and O–H groups in total. The van der Waals surface area contributed by atoms with Gasteiger partial charge in [-0.05, 0) is 43.2 Å². The van der Waals surface area contributed by atoms with Crippen molar-refractivity contribution in [2.45, 2.75) is 12.8 Å². The Kier molecular flexibility index (Phi) is 4.57. The van der Waals surface area contributed by atoms with Crippen molar-refractivity contribution < 1.29 is 14.3 Å². The Labute approximate surface area is 137 Å². The zero-order valence-electron chi connectivity index (χ0n) is 13.8. The predicted octanol–water partition coefficient (Wildman–Crippen LogP) is 1.93. The minimum absolute atomic E-state index is 0.0866. The maximum atomic E-state index is 12.4. The summed E-state index contributed by atoms with van der Waals surface area (Å²) in [6.07, 6.45) is 5.77. The molecule has 1 aromatic carbocycles. The molecule has 0 bridgehead atoms. The average molecular weight is 316 g/mol. The Bertz CT molecular complexity index is 606. The number of methoxy groups -OCH3 is 2. The molecule has 0 saturated carbocycles. The minimum atomic E-state index is 0.0866. The van der Waals surface area contributed by atoms with Crippen LogP contribution in [0.25, 0.3) is 6.08 Å². The van der Waals surface area contributed by atoms with Crippen LogP contribution in [0, 0.1) is 5.41 Å². The van der Waals surface area contributed by atoms with Crippen molar-refractivity contribution in [3.8, 4) is 11.5 Å². The summed E-state index contributed by atoms with van der Waals surface area (Å²) in [5.41, 5.74) is 1.24. The molecule has 1 spiro atoms. The van der Waals surface area contributed by atoms with E-state index in [1.807, 2.05) is 29.2 Å². The molecule has 1 atom stereocenters. The molecule has 0 aromatic heterocycles. The molecule has 23 heavy (non-hydrogen) atoms. The van der Waals surface area contributed by atoms with Crippen LogP contribution < -0.4 is 14.8 Å². The van der Waals surface area contributed by atoms with Gasteiger partial charge in [0, 0.05) is 31.1 Å². The molecule has 2 saturated heterocycles. The molecule has 5 heteroatoms. The molecule has 1 unspecified atom stereocenters. The molecule has 124 valence electrons. The molecule has 2 heterocycles. The van der Waals surface area contributed by atoms with E-state index in [1.54, 1.807) is 20.3 Å². The number of hydrogen-bond acceptors (Lipinski definition) is 4. The van der Waals surface area contributed by atoms with Gasteiger partial charge < -0.3 is 19.7 Å². The van der Waals surface area contributed by atoms with Crippen molar-refractivity contribution in [3.63, 3.8) is 0 Å². The smallest absolute Gasteiger partial charge is 0.246 e. The normalized spacial score (nSPS) is 23.8. The number of ether oxygens (including phenoxy) is 2. The lowest BCUT2D eigenvalue weighted by atomic mass is 9.87. The van der Waals surface area contributed by atoms with E-state index >= 15 is 0 Å². The lowest BCUT2D eigenvalue weighted by molar-refractivity contribution is -0.125. The van der Waals surface area contributed by atoms with Crippen molar-refractivity contribution in [3.05, 3.63) is 29.8 Å². The third kappa shape index (κ3) is 3.34. The van der Waals surface area contributed by atoms with Crippen LogP contribution in [0.15, 0.2) is 24.3 Å². The van der Waals surface area contributed by atoms with Crippen LogP contribution in [0.5, 0.6) is 11.5 Å². The molecule has 5 nitrogen and oxygen atoms in total. The number of hydrogen-bond donors (Lipinski definition) is 1. The van der Waals surface area contributed by atoms with Gasteiger partial charge in [-0.1, -0.05) is 6.07 Å². The first-order valence-corrected chi connectivity index (χ1v) is 8.05. The number of carbonyl (C=O) groups is 1. The lowest BCUT2D eigenvalue weighted by Gasteiger charge is -2.22. The first-order valence-electron chi connectivity index (χ1n) is 8.05. The first kappa shape index (κ1) is 15.9. The Morgan fingerprint density at radius 1 is 1.26 bits per heavy atom. The molecule has 0 radical (unpaired) electrons. The van der Waals surface area contributed by atoms with Gasteiger partial charge in [-0.25, -0.2) is 0 Å². The predicted molar refractivity (Wildman–Crippen MR) is 89.7 cm³/mol. The summed E-state index contributed by atoms with van der Waals surface area (Å²) in [6.45, 7) is 3.84. The summed E-state index contributed by atoms with van der Waals surface area (Å²) >= 11 is 0. The molecule has 3 rings (SSSR count). The van der Waals surface area contributed by atoms with Crippen LogP contribution in [0.1, 0.15) is 18.4 Å². The number of nitrogens with zero attached hydrogens (tertiary/aromatic N) is 1. The van der Waals surface area contributed by atoms with E-state index in [2.05, 4.69) is 5.32 Å². The Hall–Kier alpha value is -2.01. The standard InChI is InChI=1S/C18H24N2O3/c1-22-15-5-3-14(11-16(15)23-2)4-6-17(21)20-10-8-18(13-20)7-9-19-12-18/h3-6,11,19H,7-10,12-13H2,1-2H3/b6-4+. The van der Waals surface area contributed by atoms with Gasteiger partial charge in [0.2, 0.25) is 5.91 Å². The fraction of sp³-hybridized carbons (Fsp3) is 0.500. The van der Waals surface area contributed by atoms with Gasteiger partial charge in [0.05, 0.1) is 14.2 Å². The van der Waals surface area contributed by atoms with Gasteiger partial charge in [-0.2, -0.15) is 0 Å². The summed E-state index contributed by atoms with van der Waals surface area (Å²) in [7, 11) is 3.22. The number of likely N-dealkylation sites (tertiary alicyclic amines) is 1. The SMILES string of the molecule is COc1ccc(/C=C/C(=O)N2CCC3(CCNC3)C2)cc1OC. The average Bonchev–Trinajstić information content (AvgIpc) is 3.22. The summed E-state index contributed by atoms with van der Waals surface area (Å²) in [5.74, 6) is 1.44. The Balaban J connectivity index is 1.65. The van der Waals surface area contributed by atoms with Crippen molar-refractivity contribution >= 4 is 12.0 Å². The number of benzene rings is 1. The van der Waals surface area contributed by atoms with E-state index in [0.717, 1.165) is 38.2 Å². The molecular weight excluding hydrogens is 292 g/mol. The molecule has 1 aromatic rings. The summed E-state index contributed by atoms with van der Waals surface area (Å²) in [4.78, 5) is 14.4. The van der Waals surface area contributed by atoms with Gasteiger partial charge in [-0.15, -0.1) is 0 Å². The Morgan fingerprint density at radius 2 is 2.09 bits per heavy atom. The van der Waals surface area contributed by atoms with Crippen LogP contribution in [0.3, 0.4) is 0 Å². The topological polar surface area (TPSA) is 50.8 Å². The summed E-state index contributed by atoms with van der Waals surface area (Å²) in [6, 6.07) is 5.63. The fourth-order valence-corrected chi connectivity index (χ4v) is 3.50. The highest BCUT2D eigenvalue weighted by atomic mass is 16.5. The maximum absolute atomic E-state index is 12.4. The van der Waals surface area contributed by atoms with Gasteiger partial charge >= 0.3 is 0 Å².